The second kappa shape index (κ2) is 9.28. The normalized spacial score (nSPS) is 11.8. The van der Waals surface area contributed by atoms with Crippen LogP contribution in [-0.2, 0) is 11.2 Å². The van der Waals surface area contributed by atoms with Gasteiger partial charge in [-0.15, -0.1) is 0 Å². The van der Waals surface area contributed by atoms with Crippen LogP contribution in [0.15, 0.2) is 52.9 Å². The highest BCUT2D eigenvalue weighted by molar-refractivity contribution is 5.68. The molecule has 0 saturated carbocycles. The summed E-state index contributed by atoms with van der Waals surface area (Å²) in [4.78, 5) is 15.4. The van der Waals surface area contributed by atoms with Crippen LogP contribution in [0, 0.1) is 6.92 Å². The lowest BCUT2D eigenvalue weighted by Gasteiger charge is -2.17. The number of rotatable bonds is 9. The zero-order chi connectivity index (χ0) is 20.8. The first-order valence-corrected chi connectivity index (χ1v) is 9.64. The molecule has 0 fully saturated rings. The van der Waals surface area contributed by atoms with E-state index >= 15 is 0 Å². The van der Waals surface area contributed by atoms with Crippen LogP contribution in [0.25, 0.3) is 11.5 Å². The number of aliphatic carboxylic acids is 1. The van der Waals surface area contributed by atoms with Gasteiger partial charge in [0.05, 0.1) is 0 Å². The second-order valence-electron chi connectivity index (χ2n) is 6.79. The van der Waals surface area contributed by atoms with E-state index in [0.717, 1.165) is 41.2 Å². The molecular weight excluding hydrogens is 370 g/mol. The van der Waals surface area contributed by atoms with E-state index in [1.165, 1.54) is 0 Å². The molecular formula is C23H25NO5. The summed E-state index contributed by atoms with van der Waals surface area (Å²) in [6.45, 7) is 5.52. The number of carboxylic acids is 1. The highest BCUT2D eigenvalue weighted by Gasteiger charge is 2.20. The van der Waals surface area contributed by atoms with Gasteiger partial charge in [0.15, 0.2) is 6.61 Å². The summed E-state index contributed by atoms with van der Waals surface area (Å²) >= 11 is 0. The molecule has 0 aliphatic rings. The number of ether oxygens (including phenoxy) is 2. The molecule has 1 atom stereocenters. The zero-order valence-electron chi connectivity index (χ0n) is 16.8. The molecule has 0 saturated heterocycles. The van der Waals surface area contributed by atoms with E-state index in [4.69, 9.17) is 19.0 Å². The van der Waals surface area contributed by atoms with Crippen LogP contribution in [0.2, 0.25) is 0 Å². The van der Waals surface area contributed by atoms with Gasteiger partial charge < -0.3 is 19.0 Å². The molecule has 2 aromatic carbocycles. The fourth-order valence-electron chi connectivity index (χ4n) is 3.11. The van der Waals surface area contributed by atoms with E-state index in [9.17, 15) is 4.79 Å². The first-order chi connectivity index (χ1) is 14.0. The van der Waals surface area contributed by atoms with Crippen molar-refractivity contribution in [3.8, 4) is 23.0 Å². The van der Waals surface area contributed by atoms with Crippen molar-refractivity contribution in [2.75, 3.05) is 6.61 Å². The zero-order valence-corrected chi connectivity index (χ0v) is 16.8. The van der Waals surface area contributed by atoms with Gasteiger partial charge in [0, 0.05) is 5.56 Å². The first-order valence-electron chi connectivity index (χ1n) is 9.64. The van der Waals surface area contributed by atoms with Gasteiger partial charge in [-0.05, 0) is 56.2 Å². The summed E-state index contributed by atoms with van der Waals surface area (Å²) in [5.74, 6) is 1.52. The Morgan fingerprint density at radius 1 is 1.21 bits per heavy atom. The van der Waals surface area contributed by atoms with Gasteiger partial charge in [0.2, 0.25) is 5.89 Å². The highest BCUT2D eigenvalue weighted by Crippen LogP contribution is 2.32. The van der Waals surface area contributed by atoms with Gasteiger partial charge >= 0.3 is 5.97 Å². The number of carbonyl (C=O) groups is 1. The molecule has 3 aromatic rings. The maximum atomic E-state index is 10.7. The largest absolute Gasteiger partial charge is 0.484 e. The van der Waals surface area contributed by atoms with Crippen molar-refractivity contribution in [1.29, 1.82) is 0 Å². The van der Waals surface area contributed by atoms with E-state index in [1.807, 2.05) is 56.3 Å². The summed E-state index contributed by atoms with van der Waals surface area (Å²) < 4.78 is 17.3. The van der Waals surface area contributed by atoms with E-state index < -0.39 is 5.97 Å². The average Bonchev–Trinajstić information content (AvgIpc) is 3.11. The molecule has 1 heterocycles. The lowest BCUT2D eigenvalue weighted by atomic mass is 10.1. The number of aryl methyl sites for hydroxylation is 2. The fourth-order valence-corrected chi connectivity index (χ4v) is 3.11. The van der Waals surface area contributed by atoms with Crippen LogP contribution >= 0.6 is 0 Å². The first kappa shape index (κ1) is 20.5. The van der Waals surface area contributed by atoms with Crippen LogP contribution in [0.1, 0.15) is 43.4 Å². The van der Waals surface area contributed by atoms with Gasteiger partial charge in [0.25, 0.3) is 0 Å². The second-order valence-corrected chi connectivity index (χ2v) is 6.79. The Bertz CT molecular complexity index is 965. The molecule has 0 aliphatic carbocycles. The summed E-state index contributed by atoms with van der Waals surface area (Å²) in [5, 5.41) is 8.79. The quantitative estimate of drug-likeness (QED) is 0.536. The Labute approximate surface area is 170 Å². The number of benzene rings is 2. The summed E-state index contributed by atoms with van der Waals surface area (Å²) in [5.41, 5.74) is 2.63. The highest BCUT2D eigenvalue weighted by atomic mass is 16.5. The number of nitrogens with zero attached hydrogens (tertiary/aromatic N) is 1. The average molecular weight is 395 g/mol. The molecule has 0 radical (unpaired) electrons. The molecule has 0 amide bonds. The van der Waals surface area contributed by atoms with Crippen LogP contribution in [0.4, 0.5) is 0 Å². The van der Waals surface area contributed by atoms with E-state index in [-0.39, 0.29) is 12.7 Å². The van der Waals surface area contributed by atoms with E-state index in [1.54, 1.807) is 6.07 Å². The molecule has 0 bridgehead atoms. The Balaban J connectivity index is 1.80. The number of hydrogen-bond acceptors (Lipinski definition) is 5. The number of oxazole rings is 1. The Morgan fingerprint density at radius 2 is 1.97 bits per heavy atom. The maximum Gasteiger partial charge on any atom is 0.341 e. The maximum absolute atomic E-state index is 10.7. The van der Waals surface area contributed by atoms with Crippen molar-refractivity contribution in [3.63, 3.8) is 0 Å². The van der Waals surface area contributed by atoms with Gasteiger partial charge in [-0.2, -0.15) is 0 Å². The van der Waals surface area contributed by atoms with Crippen LogP contribution in [0.5, 0.6) is 11.5 Å². The molecule has 1 N–H and O–H groups in total. The predicted octanol–water partition coefficient (Wildman–Crippen LogP) is 5.21. The molecule has 0 spiro atoms. The Hall–Kier alpha value is -3.28. The minimum atomic E-state index is -1.01. The topological polar surface area (TPSA) is 81.8 Å². The monoisotopic (exact) mass is 395 g/mol. The molecule has 0 aliphatic heterocycles. The van der Waals surface area contributed by atoms with Crippen molar-refractivity contribution in [2.24, 2.45) is 0 Å². The number of carboxylic acid groups (broad SMARTS) is 1. The van der Waals surface area contributed by atoms with Crippen molar-refractivity contribution in [3.05, 3.63) is 65.5 Å². The van der Waals surface area contributed by atoms with E-state index in [2.05, 4.69) is 11.9 Å². The van der Waals surface area contributed by atoms with Crippen LogP contribution in [0.3, 0.4) is 0 Å². The van der Waals surface area contributed by atoms with Crippen molar-refractivity contribution in [2.45, 2.75) is 39.7 Å². The minimum Gasteiger partial charge on any atom is -0.484 e. The minimum absolute atomic E-state index is 0.308. The Kier molecular flexibility index (Phi) is 6.54. The van der Waals surface area contributed by atoms with E-state index in [0.29, 0.717) is 11.6 Å². The summed E-state index contributed by atoms with van der Waals surface area (Å²) in [7, 11) is 0. The van der Waals surface area contributed by atoms with Gasteiger partial charge in [-0.3, -0.25) is 0 Å². The molecule has 1 unspecified atom stereocenters. The molecule has 29 heavy (non-hydrogen) atoms. The lowest BCUT2D eigenvalue weighted by molar-refractivity contribution is -0.139. The van der Waals surface area contributed by atoms with Crippen LogP contribution in [-0.4, -0.2) is 22.7 Å². The number of hydrogen-bond donors (Lipinski definition) is 1. The lowest BCUT2D eigenvalue weighted by Crippen LogP contribution is -2.10. The molecule has 1 aromatic heterocycles. The third-order valence-electron chi connectivity index (χ3n) is 4.46. The third kappa shape index (κ3) is 5.16. The number of aromatic nitrogens is 1. The SMILES string of the molecule is CCCc1cc(OCC(=O)O)ccc1OC(C)c1nc(-c2ccccc2)oc1C. The van der Waals surface area contributed by atoms with Crippen molar-refractivity contribution >= 4 is 5.97 Å². The van der Waals surface area contributed by atoms with Gasteiger partial charge in [-0.25, -0.2) is 9.78 Å². The predicted molar refractivity (Wildman–Crippen MR) is 109 cm³/mol. The van der Waals surface area contributed by atoms with Crippen molar-refractivity contribution < 1.29 is 23.8 Å². The van der Waals surface area contributed by atoms with Crippen LogP contribution < -0.4 is 9.47 Å². The summed E-state index contributed by atoms with van der Waals surface area (Å²) in [6, 6.07) is 15.1. The van der Waals surface area contributed by atoms with Gasteiger partial charge in [0.1, 0.15) is 29.1 Å². The molecule has 6 nitrogen and oxygen atoms in total. The molecule has 6 heteroatoms. The van der Waals surface area contributed by atoms with Gasteiger partial charge in [-0.1, -0.05) is 31.5 Å². The third-order valence-corrected chi connectivity index (χ3v) is 4.46. The summed E-state index contributed by atoms with van der Waals surface area (Å²) in [6.07, 6.45) is 1.41. The molecule has 152 valence electrons. The smallest absolute Gasteiger partial charge is 0.341 e. The standard InChI is InChI=1S/C23H25NO5/c1-4-8-18-13-19(27-14-21(25)26)11-12-20(18)28-15(2)22-16(3)29-23(24-22)17-9-6-5-7-10-17/h5-7,9-13,15H,4,8,14H2,1-3H3,(H,25,26). The molecule has 3 rings (SSSR count). The Morgan fingerprint density at radius 3 is 2.66 bits per heavy atom. The fraction of sp³-hybridized carbons (Fsp3) is 0.304. The van der Waals surface area contributed by atoms with Crippen molar-refractivity contribution in [1.82, 2.24) is 4.98 Å².